The third-order valence-electron chi connectivity index (χ3n) is 4.35. The van der Waals surface area contributed by atoms with Crippen LogP contribution in [0.5, 0.6) is 5.75 Å². The fourth-order valence-electron chi connectivity index (χ4n) is 2.87. The van der Waals surface area contributed by atoms with Crippen molar-refractivity contribution in [2.75, 3.05) is 5.32 Å². The van der Waals surface area contributed by atoms with E-state index in [1.54, 1.807) is 24.3 Å². The minimum absolute atomic E-state index is 0.180. The lowest BCUT2D eigenvalue weighted by molar-refractivity contribution is 0.102. The second-order valence-corrected chi connectivity index (χ2v) is 8.21. The monoisotopic (exact) mass is 456 g/mol. The highest BCUT2D eigenvalue weighted by molar-refractivity contribution is 7.12. The molecule has 0 aliphatic heterocycles. The molecule has 2 aromatic carbocycles. The van der Waals surface area contributed by atoms with E-state index >= 15 is 0 Å². The largest absolute Gasteiger partial charge is 0.487 e. The van der Waals surface area contributed by atoms with Gasteiger partial charge in [-0.15, -0.1) is 16.4 Å². The van der Waals surface area contributed by atoms with E-state index in [0.29, 0.717) is 28.8 Å². The van der Waals surface area contributed by atoms with E-state index in [1.165, 1.54) is 34.5 Å². The maximum atomic E-state index is 13.3. The predicted molar refractivity (Wildman–Crippen MR) is 118 cm³/mol. The average Bonchev–Trinajstić information content (AvgIpc) is 3.38. The summed E-state index contributed by atoms with van der Waals surface area (Å²) in [5.41, 5.74) is 2.66. The second-order valence-electron chi connectivity index (χ2n) is 6.89. The Labute approximate surface area is 187 Å². The van der Waals surface area contributed by atoms with Gasteiger partial charge in [-0.2, -0.15) is 0 Å². The summed E-state index contributed by atoms with van der Waals surface area (Å²) in [4.78, 5) is 17.1. The molecule has 4 aromatic rings. The maximum absolute atomic E-state index is 13.3. The van der Waals surface area contributed by atoms with Crippen LogP contribution in [0, 0.1) is 12.7 Å². The summed E-state index contributed by atoms with van der Waals surface area (Å²) in [6, 6.07) is 13.6. The Kier molecular flexibility index (Phi) is 6.29. The lowest BCUT2D eigenvalue weighted by Crippen LogP contribution is -2.12. The topological polar surface area (TPSA) is 69.0 Å². The molecule has 0 atom stereocenters. The van der Waals surface area contributed by atoms with Crippen molar-refractivity contribution in [1.82, 2.24) is 14.8 Å². The molecule has 6 nitrogen and oxygen atoms in total. The van der Waals surface area contributed by atoms with Crippen LogP contribution in [-0.4, -0.2) is 20.7 Å². The van der Waals surface area contributed by atoms with Crippen molar-refractivity contribution < 1.29 is 13.9 Å². The van der Waals surface area contributed by atoms with Crippen molar-refractivity contribution in [1.29, 1.82) is 0 Å². The predicted octanol–water partition coefficient (Wildman–Crippen LogP) is 5.32. The van der Waals surface area contributed by atoms with Crippen LogP contribution >= 0.6 is 22.9 Å². The summed E-state index contributed by atoms with van der Waals surface area (Å²) >= 11 is 7.45. The zero-order valence-corrected chi connectivity index (χ0v) is 18.1. The number of amides is 1. The number of hydrogen-bond donors (Lipinski definition) is 1. The van der Waals surface area contributed by atoms with Crippen LogP contribution in [0.3, 0.4) is 0 Å². The summed E-state index contributed by atoms with van der Waals surface area (Å²) in [5, 5.41) is 9.29. The number of rotatable bonds is 7. The Bertz CT molecular complexity index is 1220. The molecule has 0 aliphatic carbocycles. The fourth-order valence-corrected chi connectivity index (χ4v) is 3.83. The van der Waals surface area contributed by atoms with Crippen LogP contribution in [0.15, 0.2) is 60.2 Å². The number of halogens is 2. The molecule has 2 heterocycles. The molecule has 0 radical (unpaired) electrons. The van der Waals surface area contributed by atoms with E-state index < -0.39 is 0 Å². The lowest BCUT2D eigenvalue weighted by Gasteiger charge is -2.07. The average molecular weight is 457 g/mol. The van der Waals surface area contributed by atoms with Gasteiger partial charge in [0, 0.05) is 5.56 Å². The molecule has 158 valence electrons. The molecule has 0 saturated heterocycles. The normalized spacial score (nSPS) is 10.8. The van der Waals surface area contributed by atoms with E-state index in [1.807, 2.05) is 24.4 Å². The number of carbonyl (C=O) groups is 1. The van der Waals surface area contributed by atoms with Gasteiger partial charge in [0.05, 0.1) is 16.4 Å². The van der Waals surface area contributed by atoms with Crippen molar-refractivity contribution >= 4 is 34.8 Å². The first-order valence-corrected chi connectivity index (χ1v) is 10.6. The maximum Gasteiger partial charge on any atom is 0.268 e. The molecule has 0 aliphatic rings. The van der Waals surface area contributed by atoms with E-state index in [9.17, 15) is 9.18 Å². The van der Waals surface area contributed by atoms with Gasteiger partial charge in [-0.1, -0.05) is 29.8 Å². The summed E-state index contributed by atoms with van der Waals surface area (Å²) in [5.74, 6) is 0.160. The third kappa shape index (κ3) is 5.48. The highest BCUT2D eigenvalue weighted by Crippen LogP contribution is 2.27. The van der Waals surface area contributed by atoms with Gasteiger partial charge in [0.1, 0.15) is 24.5 Å². The number of anilines is 1. The molecule has 31 heavy (non-hydrogen) atoms. The van der Waals surface area contributed by atoms with E-state index in [0.717, 1.165) is 16.7 Å². The number of carbonyl (C=O) groups excluding carboxylic acids is 1. The summed E-state index contributed by atoms with van der Waals surface area (Å²) in [7, 11) is 0. The second kappa shape index (κ2) is 9.28. The van der Waals surface area contributed by atoms with Crippen LogP contribution in [0.25, 0.3) is 0 Å². The van der Waals surface area contributed by atoms with Crippen LogP contribution in [0.4, 0.5) is 10.3 Å². The molecule has 0 saturated carbocycles. The van der Waals surface area contributed by atoms with Gasteiger partial charge in [-0.3, -0.25) is 10.1 Å². The first-order valence-electron chi connectivity index (χ1n) is 9.38. The molecule has 1 amide bonds. The molecule has 2 aromatic heterocycles. The molecule has 9 heteroatoms. The van der Waals surface area contributed by atoms with E-state index in [2.05, 4.69) is 15.4 Å². The lowest BCUT2D eigenvalue weighted by atomic mass is 10.2. The van der Waals surface area contributed by atoms with Crippen molar-refractivity contribution in [3.8, 4) is 5.75 Å². The Morgan fingerprint density at radius 2 is 2.10 bits per heavy atom. The van der Waals surface area contributed by atoms with Crippen LogP contribution in [0.1, 0.15) is 26.4 Å². The minimum Gasteiger partial charge on any atom is -0.487 e. The minimum atomic E-state index is -0.312. The smallest absolute Gasteiger partial charge is 0.268 e. The molecule has 1 N–H and O–H groups in total. The zero-order chi connectivity index (χ0) is 21.8. The number of nitrogens with one attached hydrogen (secondary N) is 1. The van der Waals surface area contributed by atoms with Crippen molar-refractivity contribution in [2.24, 2.45) is 0 Å². The number of benzene rings is 2. The van der Waals surface area contributed by atoms with Gasteiger partial charge in [-0.05, 0) is 53.8 Å². The van der Waals surface area contributed by atoms with Crippen LogP contribution in [-0.2, 0) is 13.2 Å². The number of aryl methyl sites for hydroxylation is 1. The number of hydrogen-bond acceptors (Lipinski definition) is 5. The van der Waals surface area contributed by atoms with Gasteiger partial charge < -0.3 is 4.74 Å². The number of aromatic nitrogens is 3. The quantitative estimate of drug-likeness (QED) is 0.408. The van der Waals surface area contributed by atoms with E-state index in [-0.39, 0.29) is 17.7 Å². The van der Waals surface area contributed by atoms with Gasteiger partial charge >= 0.3 is 0 Å². The van der Waals surface area contributed by atoms with Crippen molar-refractivity contribution in [3.05, 3.63) is 92.6 Å². The highest BCUT2D eigenvalue weighted by atomic mass is 35.5. The first kappa shape index (κ1) is 21.0. The van der Waals surface area contributed by atoms with Gasteiger partial charge in [-0.25, -0.2) is 14.1 Å². The standard InChI is InChI=1S/C22H18ClFN4O2S/c1-14-5-6-18(23)19(7-14)30-11-16-9-20(31-12-16)21(29)26-22-25-13-28(27-22)10-15-3-2-4-17(24)8-15/h2-9,12-13H,10-11H2,1H3,(H,26,27,29). The molecule has 0 spiro atoms. The number of thiophene rings is 1. The molecule has 0 fully saturated rings. The van der Waals surface area contributed by atoms with Gasteiger partial charge in [0.25, 0.3) is 5.91 Å². The highest BCUT2D eigenvalue weighted by Gasteiger charge is 2.13. The van der Waals surface area contributed by atoms with Crippen molar-refractivity contribution in [2.45, 2.75) is 20.1 Å². The number of ether oxygens (including phenoxy) is 1. The van der Waals surface area contributed by atoms with Gasteiger partial charge in [0.15, 0.2) is 0 Å². The summed E-state index contributed by atoms with van der Waals surface area (Å²) in [6.45, 7) is 2.61. The van der Waals surface area contributed by atoms with Crippen LogP contribution < -0.4 is 10.1 Å². The molecule has 0 bridgehead atoms. The summed E-state index contributed by atoms with van der Waals surface area (Å²) < 4.78 is 20.6. The Morgan fingerprint density at radius 3 is 2.94 bits per heavy atom. The SMILES string of the molecule is Cc1ccc(Cl)c(OCc2csc(C(=O)Nc3ncn(Cc4cccc(F)c4)n3)c2)c1. The van der Waals surface area contributed by atoms with Gasteiger partial charge in [0.2, 0.25) is 5.95 Å². The van der Waals surface area contributed by atoms with Crippen LogP contribution in [0.2, 0.25) is 5.02 Å². The Hall–Kier alpha value is -3.23. The molecule has 4 rings (SSSR count). The molecular formula is C22H18ClFN4O2S. The summed E-state index contributed by atoms with van der Waals surface area (Å²) in [6.07, 6.45) is 1.49. The van der Waals surface area contributed by atoms with E-state index in [4.69, 9.17) is 16.3 Å². The third-order valence-corrected chi connectivity index (χ3v) is 5.64. The zero-order valence-electron chi connectivity index (χ0n) is 16.5. The first-order chi connectivity index (χ1) is 15.0. The molecular weight excluding hydrogens is 439 g/mol. The van der Waals surface area contributed by atoms with Crippen molar-refractivity contribution in [3.63, 3.8) is 0 Å². The molecule has 0 unspecified atom stereocenters. The Balaban J connectivity index is 1.35. The number of nitrogens with zero attached hydrogens (tertiary/aromatic N) is 3. The fraction of sp³-hybridized carbons (Fsp3) is 0.136. The Morgan fingerprint density at radius 1 is 1.23 bits per heavy atom.